The van der Waals surface area contributed by atoms with E-state index < -0.39 is 5.60 Å². The SMILES string of the molecule is CNCC[C@@]12CCCC[C@]1(O)CCc1c(Cl)cccc12. The lowest BCUT2D eigenvalue weighted by molar-refractivity contribution is -0.0867. The predicted octanol–water partition coefficient (Wildman–Crippen LogP) is 3.44. The second-order valence-corrected chi connectivity index (χ2v) is 6.85. The van der Waals surface area contributed by atoms with Gasteiger partial charge in [-0.15, -0.1) is 0 Å². The van der Waals surface area contributed by atoms with Gasteiger partial charge in [-0.1, -0.05) is 36.6 Å². The van der Waals surface area contributed by atoms with Crippen LogP contribution >= 0.6 is 11.6 Å². The van der Waals surface area contributed by atoms with E-state index in [9.17, 15) is 5.11 Å². The zero-order valence-corrected chi connectivity index (χ0v) is 13.0. The quantitative estimate of drug-likeness (QED) is 0.895. The van der Waals surface area contributed by atoms with Gasteiger partial charge in [-0.3, -0.25) is 0 Å². The average molecular weight is 294 g/mol. The molecule has 0 bridgehead atoms. The van der Waals surface area contributed by atoms with E-state index in [2.05, 4.69) is 11.4 Å². The minimum Gasteiger partial charge on any atom is -0.389 e. The summed E-state index contributed by atoms with van der Waals surface area (Å²) < 4.78 is 0. The van der Waals surface area contributed by atoms with E-state index >= 15 is 0 Å². The molecule has 110 valence electrons. The molecule has 0 saturated heterocycles. The first-order valence-corrected chi connectivity index (χ1v) is 8.16. The fourth-order valence-electron chi connectivity index (χ4n) is 4.49. The normalized spacial score (nSPS) is 32.5. The van der Waals surface area contributed by atoms with Crippen molar-refractivity contribution in [1.82, 2.24) is 5.32 Å². The zero-order valence-electron chi connectivity index (χ0n) is 12.2. The van der Waals surface area contributed by atoms with Gasteiger partial charge in [0.25, 0.3) is 0 Å². The lowest BCUT2D eigenvalue weighted by atomic mass is 9.53. The van der Waals surface area contributed by atoms with Crippen molar-refractivity contribution in [2.24, 2.45) is 0 Å². The number of hydrogen-bond acceptors (Lipinski definition) is 2. The number of nitrogens with one attached hydrogen (secondary N) is 1. The fourth-order valence-corrected chi connectivity index (χ4v) is 4.76. The van der Waals surface area contributed by atoms with Crippen LogP contribution in [0, 0.1) is 0 Å². The first-order valence-electron chi connectivity index (χ1n) is 7.78. The van der Waals surface area contributed by atoms with Crippen molar-refractivity contribution in [3.63, 3.8) is 0 Å². The highest BCUT2D eigenvalue weighted by molar-refractivity contribution is 6.31. The highest BCUT2D eigenvalue weighted by atomic mass is 35.5. The highest BCUT2D eigenvalue weighted by Gasteiger charge is 2.54. The van der Waals surface area contributed by atoms with Crippen molar-refractivity contribution in [2.75, 3.05) is 13.6 Å². The lowest BCUT2D eigenvalue weighted by Crippen LogP contribution is -2.57. The van der Waals surface area contributed by atoms with Gasteiger partial charge < -0.3 is 10.4 Å². The highest BCUT2D eigenvalue weighted by Crippen LogP contribution is 2.55. The Labute approximate surface area is 126 Å². The third-order valence-corrected chi connectivity index (χ3v) is 5.91. The van der Waals surface area contributed by atoms with Crippen LogP contribution in [0.5, 0.6) is 0 Å². The molecule has 0 radical (unpaired) electrons. The minimum atomic E-state index is -0.542. The van der Waals surface area contributed by atoms with Crippen LogP contribution in [0.2, 0.25) is 5.02 Å². The van der Waals surface area contributed by atoms with Gasteiger partial charge in [0.1, 0.15) is 0 Å². The first kappa shape index (κ1) is 14.4. The summed E-state index contributed by atoms with van der Waals surface area (Å²) in [6.07, 6.45) is 7.13. The molecule has 1 saturated carbocycles. The van der Waals surface area contributed by atoms with Crippen LogP contribution in [0.3, 0.4) is 0 Å². The standard InChI is InChI=1S/C17H24ClNO/c1-19-12-11-16-8-2-3-9-17(16,20)10-7-13-14(16)5-4-6-15(13)18/h4-6,19-20H,2-3,7-12H2,1H3/t16-,17+/m1/s1. The van der Waals surface area contributed by atoms with Gasteiger partial charge >= 0.3 is 0 Å². The Kier molecular flexibility index (Phi) is 3.83. The number of halogens is 1. The van der Waals surface area contributed by atoms with Crippen LogP contribution in [-0.4, -0.2) is 24.3 Å². The monoisotopic (exact) mass is 293 g/mol. The minimum absolute atomic E-state index is 0.104. The van der Waals surface area contributed by atoms with Crippen molar-refractivity contribution in [3.8, 4) is 0 Å². The van der Waals surface area contributed by atoms with Crippen LogP contribution in [0.1, 0.15) is 49.7 Å². The Hall–Kier alpha value is -0.570. The smallest absolute Gasteiger partial charge is 0.0747 e. The van der Waals surface area contributed by atoms with Gasteiger partial charge in [-0.05, 0) is 62.9 Å². The lowest BCUT2D eigenvalue weighted by Gasteiger charge is -2.55. The third kappa shape index (κ3) is 2.01. The summed E-state index contributed by atoms with van der Waals surface area (Å²) in [4.78, 5) is 0. The summed E-state index contributed by atoms with van der Waals surface area (Å²) in [5, 5.41) is 15.5. The van der Waals surface area contributed by atoms with Gasteiger partial charge in [-0.2, -0.15) is 0 Å². The van der Waals surface area contributed by atoms with Gasteiger partial charge in [0.05, 0.1) is 5.60 Å². The molecule has 2 nitrogen and oxygen atoms in total. The number of fused-ring (bicyclic) bond motifs is 3. The van der Waals surface area contributed by atoms with E-state index in [1.165, 1.54) is 17.5 Å². The maximum absolute atomic E-state index is 11.3. The Morgan fingerprint density at radius 1 is 1.25 bits per heavy atom. The molecule has 0 unspecified atom stereocenters. The second-order valence-electron chi connectivity index (χ2n) is 6.44. The van der Waals surface area contributed by atoms with Gasteiger partial charge in [0, 0.05) is 10.4 Å². The van der Waals surface area contributed by atoms with Crippen molar-refractivity contribution < 1.29 is 5.11 Å². The summed E-state index contributed by atoms with van der Waals surface area (Å²) in [5.74, 6) is 0. The number of aliphatic hydroxyl groups is 1. The van der Waals surface area contributed by atoms with Crippen LogP contribution in [-0.2, 0) is 11.8 Å². The molecular formula is C17H24ClNO. The molecule has 0 heterocycles. The second kappa shape index (κ2) is 5.32. The molecule has 3 heteroatoms. The molecule has 2 aliphatic rings. The molecule has 20 heavy (non-hydrogen) atoms. The van der Waals surface area contributed by atoms with E-state index in [-0.39, 0.29) is 5.41 Å². The van der Waals surface area contributed by atoms with E-state index in [0.29, 0.717) is 0 Å². The molecule has 2 N–H and O–H groups in total. The number of rotatable bonds is 3. The Morgan fingerprint density at radius 3 is 2.85 bits per heavy atom. The topological polar surface area (TPSA) is 32.3 Å². The summed E-state index contributed by atoms with van der Waals surface area (Å²) in [6, 6.07) is 6.23. The van der Waals surface area contributed by atoms with Crippen LogP contribution in [0.4, 0.5) is 0 Å². The Balaban J connectivity index is 2.13. The molecular weight excluding hydrogens is 270 g/mol. The molecule has 3 rings (SSSR count). The van der Waals surface area contributed by atoms with Crippen molar-refractivity contribution in [2.45, 2.75) is 56.0 Å². The molecule has 1 fully saturated rings. The molecule has 0 amide bonds. The zero-order chi connectivity index (χ0) is 14.2. The maximum Gasteiger partial charge on any atom is 0.0747 e. The van der Waals surface area contributed by atoms with E-state index in [4.69, 9.17) is 11.6 Å². The third-order valence-electron chi connectivity index (χ3n) is 5.56. The summed E-state index contributed by atoms with van der Waals surface area (Å²) in [6.45, 7) is 0.939. The number of benzene rings is 1. The maximum atomic E-state index is 11.3. The molecule has 2 atom stereocenters. The fraction of sp³-hybridized carbons (Fsp3) is 0.647. The van der Waals surface area contributed by atoms with Gasteiger partial charge in [-0.25, -0.2) is 0 Å². The first-order chi connectivity index (χ1) is 9.63. The summed E-state index contributed by atoms with van der Waals surface area (Å²) in [5.41, 5.74) is 1.94. The molecule has 2 aliphatic carbocycles. The molecule has 1 aromatic carbocycles. The van der Waals surface area contributed by atoms with Crippen LogP contribution in [0.25, 0.3) is 0 Å². The molecule has 0 spiro atoms. The average Bonchev–Trinajstić information content (AvgIpc) is 2.45. The molecule has 0 aromatic heterocycles. The largest absolute Gasteiger partial charge is 0.389 e. The summed E-state index contributed by atoms with van der Waals surface area (Å²) in [7, 11) is 1.99. The van der Waals surface area contributed by atoms with Crippen molar-refractivity contribution >= 4 is 11.6 Å². The molecule has 1 aromatic rings. The van der Waals surface area contributed by atoms with Gasteiger partial charge in [0.2, 0.25) is 0 Å². The van der Waals surface area contributed by atoms with Crippen molar-refractivity contribution in [3.05, 3.63) is 34.3 Å². The van der Waals surface area contributed by atoms with Crippen molar-refractivity contribution in [1.29, 1.82) is 0 Å². The Bertz CT molecular complexity index is 504. The van der Waals surface area contributed by atoms with E-state index in [1.54, 1.807) is 0 Å². The Morgan fingerprint density at radius 2 is 2.05 bits per heavy atom. The van der Waals surface area contributed by atoms with E-state index in [0.717, 1.165) is 50.1 Å². The van der Waals surface area contributed by atoms with Gasteiger partial charge in [0.15, 0.2) is 0 Å². The van der Waals surface area contributed by atoms with Crippen LogP contribution in [0.15, 0.2) is 18.2 Å². The number of hydrogen-bond donors (Lipinski definition) is 2. The van der Waals surface area contributed by atoms with Crippen LogP contribution < -0.4 is 5.32 Å². The van der Waals surface area contributed by atoms with E-state index in [1.807, 2.05) is 19.2 Å². The summed E-state index contributed by atoms with van der Waals surface area (Å²) >= 11 is 6.42. The predicted molar refractivity (Wildman–Crippen MR) is 83.4 cm³/mol. The molecule has 0 aliphatic heterocycles.